The number of aromatic nitrogens is 2. The molecule has 2 unspecified atom stereocenters. The Hall–Kier alpha value is -0.870. The van der Waals surface area contributed by atoms with Gasteiger partial charge >= 0.3 is 0 Å². The third-order valence-corrected chi connectivity index (χ3v) is 3.61. The van der Waals surface area contributed by atoms with E-state index in [1.165, 1.54) is 0 Å². The van der Waals surface area contributed by atoms with E-state index in [4.69, 9.17) is 4.74 Å². The van der Waals surface area contributed by atoms with E-state index < -0.39 is 5.60 Å². The third kappa shape index (κ3) is 2.53. The lowest BCUT2D eigenvalue weighted by Crippen LogP contribution is -2.38. The lowest BCUT2D eigenvalue weighted by Gasteiger charge is -2.35. The molecule has 2 atom stereocenters. The van der Waals surface area contributed by atoms with Gasteiger partial charge in [-0.15, -0.1) is 0 Å². The van der Waals surface area contributed by atoms with Gasteiger partial charge in [0.2, 0.25) is 0 Å². The number of rotatable bonds is 4. The van der Waals surface area contributed by atoms with Crippen molar-refractivity contribution in [1.82, 2.24) is 9.55 Å². The molecule has 1 fully saturated rings. The van der Waals surface area contributed by atoms with Crippen molar-refractivity contribution < 1.29 is 9.84 Å². The van der Waals surface area contributed by atoms with Gasteiger partial charge in [0.1, 0.15) is 11.4 Å². The summed E-state index contributed by atoms with van der Waals surface area (Å²) in [5, 5.41) is 10.8. The van der Waals surface area contributed by atoms with Crippen LogP contribution in [0.25, 0.3) is 0 Å². The average molecular weight is 238 g/mol. The van der Waals surface area contributed by atoms with Gasteiger partial charge in [-0.1, -0.05) is 6.92 Å². The summed E-state index contributed by atoms with van der Waals surface area (Å²) in [5.74, 6) is 0.807. The summed E-state index contributed by atoms with van der Waals surface area (Å²) < 4.78 is 7.45. The molecule has 2 rings (SSSR count). The predicted octanol–water partition coefficient (Wildman–Crippen LogP) is 2.07. The van der Waals surface area contributed by atoms with E-state index in [1.807, 2.05) is 6.20 Å². The largest absolute Gasteiger partial charge is 0.382 e. The van der Waals surface area contributed by atoms with Crippen molar-refractivity contribution in [3.8, 4) is 0 Å². The molecule has 4 nitrogen and oxygen atoms in total. The van der Waals surface area contributed by atoms with E-state index >= 15 is 0 Å². The van der Waals surface area contributed by atoms with Crippen molar-refractivity contribution in [2.45, 2.75) is 57.3 Å². The molecule has 1 aromatic rings. The van der Waals surface area contributed by atoms with Gasteiger partial charge in [-0.05, 0) is 25.7 Å². The molecule has 0 aliphatic heterocycles. The van der Waals surface area contributed by atoms with Crippen LogP contribution in [0.4, 0.5) is 0 Å². The zero-order chi connectivity index (χ0) is 12.3. The second-order valence-electron chi connectivity index (χ2n) is 4.93. The SMILES string of the molecule is CCCn1ccnc1C1(O)CCCC(OC)C1. The lowest BCUT2D eigenvalue weighted by molar-refractivity contribution is -0.0703. The minimum atomic E-state index is -0.808. The molecule has 17 heavy (non-hydrogen) atoms. The summed E-state index contributed by atoms with van der Waals surface area (Å²) in [6.07, 6.45) is 8.40. The van der Waals surface area contributed by atoms with Crippen LogP contribution in [-0.4, -0.2) is 27.9 Å². The van der Waals surface area contributed by atoms with Gasteiger partial charge in [0.25, 0.3) is 0 Å². The molecule has 0 aromatic carbocycles. The molecule has 1 aromatic heterocycles. The van der Waals surface area contributed by atoms with Crippen molar-refractivity contribution in [2.75, 3.05) is 7.11 Å². The summed E-state index contributed by atoms with van der Waals surface area (Å²) in [4.78, 5) is 4.36. The molecule has 0 bridgehead atoms. The maximum absolute atomic E-state index is 10.8. The van der Waals surface area contributed by atoms with Gasteiger partial charge in [0.15, 0.2) is 0 Å². The summed E-state index contributed by atoms with van der Waals surface area (Å²) in [7, 11) is 1.72. The van der Waals surface area contributed by atoms with Crippen LogP contribution in [-0.2, 0) is 16.9 Å². The molecule has 1 N–H and O–H groups in total. The van der Waals surface area contributed by atoms with Gasteiger partial charge in [-0.2, -0.15) is 0 Å². The van der Waals surface area contributed by atoms with Crippen LogP contribution in [0.3, 0.4) is 0 Å². The number of ether oxygens (including phenoxy) is 1. The molecule has 0 saturated heterocycles. The highest BCUT2D eigenvalue weighted by Gasteiger charge is 2.39. The van der Waals surface area contributed by atoms with E-state index in [9.17, 15) is 5.11 Å². The van der Waals surface area contributed by atoms with E-state index in [1.54, 1.807) is 13.3 Å². The lowest BCUT2D eigenvalue weighted by atomic mass is 9.82. The topological polar surface area (TPSA) is 47.3 Å². The summed E-state index contributed by atoms with van der Waals surface area (Å²) in [5.41, 5.74) is -0.808. The Balaban J connectivity index is 2.21. The van der Waals surface area contributed by atoms with E-state index in [2.05, 4.69) is 16.5 Å². The van der Waals surface area contributed by atoms with Crippen LogP contribution < -0.4 is 0 Å². The summed E-state index contributed by atoms with van der Waals surface area (Å²) in [6.45, 7) is 3.04. The minimum absolute atomic E-state index is 0.153. The number of nitrogens with zero attached hydrogens (tertiary/aromatic N) is 2. The minimum Gasteiger partial charge on any atom is -0.382 e. The molecule has 0 amide bonds. The van der Waals surface area contributed by atoms with Crippen LogP contribution in [0.15, 0.2) is 12.4 Å². The second kappa shape index (κ2) is 5.19. The van der Waals surface area contributed by atoms with Crippen LogP contribution in [0.1, 0.15) is 44.9 Å². The van der Waals surface area contributed by atoms with E-state index in [0.717, 1.165) is 38.1 Å². The number of hydrogen-bond donors (Lipinski definition) is 1. The summed E-state index contributed by atoms with van der Waals surface area (Å²) >= 11 is 0. The molecular weight excluding hydrogens is 216 g/mol. The standard InChI is InChI=1S/C13H22N2O2/c1-3-8-15-9-7-14-12(15)13(16)6-4-5-11(10-13)17-2/h7,9,11,16H,3-6,8,10H2,1-2H3. The van der Waals surface area contributed by atoms with Gasteiger partial charge in [0.05, 0.1) is 6.10 Å². The quantitative estimate of drug-likeness (QED) is 0.873. The van der Waals surface area contributed by atoms with E-state index in [-0.39, 0.29) is 6.10 Å². The Bertz CT molecular complexity index is 364. The van der Waals surface area contributed by atoms with Crippen molar-refractivity contribution in [1.29, 1.82) is 0 Å². The Kier molecular flexibility index (Phi) is 3.84. The monoisotopic (exact) mass is 238 g/mol. The fraction of sp³-hybridized carbons (Fsp3) is 0.769. The first-order valence-corrected chi connectivity index (χ1v) is 6.46. The molecule has 4 heteroatoms. The number of methoxy groups -OCH3 is 1. The maximum atomic E-state index is 10.8. The fourth-order valence-corrected chi connectivity index (χ4v) is 2.75. The smallest absolute Gasteiger partial charge is 0.140 e. The van der Waals surface area contributed by atoms with Crippen LogP contribution in [0.5, 0.6) is 0 Å². The Morgan fingerprint density at radius 2 is 2.47 bits per heavy atom. The fourth-order valence-electron chi connectivity index (χ4n) is 2.75. The zero-order valence-corrected chi connectivity index (χ0v) is 10.7. The first-order chi connectivity index (χ1) is 8.19. The third-order valence-electron chi connectivity index (χ3n) is 3.61. The van der Waals surface area contributed by atoms with Crippen molar-refractivity contribution in [3.63, 3.8) is 0 Å². The molecule has 96 valence electrons. The number of imidazole rings is 1. The van der Waals surface area contributed by atoms with Crippen molar-refractivity contribution in [3.05, 3.63) is 18.2 Å². The highest BCUT2D eigenvalue weighted by atomic mass is 16.5. The van der Waals surface area contributed by atoms with Crippen LogP contribution >= 0.6 is 0 Å². The first kappa shape index (κ1) is 12.6. The highest BCUT2D eigenvalue weighted by molar-refractivity contribution is 5.07. The van der Waals surface area contributed by atoms with Gasteiger partial charge in [-0.3, -0.25) is 0 Å². The molecule has 1 saturated carbocycles. The van der Waals surface area contributed by atoms with Gasteiger partial charge < -0.3 is 14.4 Å². The Morgan fingerprint density at radius 3 is 3.18 bits per heavy atom. The normalized spacial score (nSPS) is 29.5. The first-order valence-electron chi connectivity index (χ1n) is 6.46. The number of hydrogen-bond acceptors (Lipinski definition) is 3. The molecule has 1 heterocycles. The van der Waals surface area contributed by atoms with Gasteiger partial charge in [-0.25, -0.2) is 4.98 Å². The second-order valence-corrected chi connectivity index (χ2v) is 4.93. The van der Waals surface area contributed by atoms with Crippen molar-refractivity contribution >= 4 is 0 Å². The number of aliphatic hydroxyl groups is 1. The van der Waals surface area contributed by atoms with Crippen molar-refractivity contribution in [2.24, 2.45) is 0 Å². The molecular formula is C13H22N2O2. The molecule has 1 aliphatic rings. The summed E-state index contributed by atoms with van der Waals surface area (Å²) in [6, 6.07) is 0. The molecule has 0 radical (unpaired) electrons. The van der Waals surface area contributed by atoms with Gasteiger partial charge in [0, 0.05) is 32.5 Å². The predicted molar refractivity (Wildman–Crippen MR) is 65.7 cm³/mol. The molecule has 1 aliphatic carbocycles. The highest BCUT2D eigenvalue weighted by Crippen LogP contribution is 2.37. The van der Waals surface area contributed by atoms with Crippen LogP contribution in [0.2, 0.25) is 0 Å². The number of aryl methyl sites for hydroxylation is 1. The Morgan fingerprint density at radius 1 is 1.65 bits per heavy atom. The average Bonchev–Trinajstić information content (AvgIpc) is 2.78. The zero-order valence-electron chi connectivity index (χ0n) is 10.7. The van der Waals surface area contributed by atoms with Crippen LogP contribution in [0, 0.1) is 0 Å². The maximum Gasteiger partial charge on any atom is 0.140 e. The molecule has 0 spiro atoms. The Labute approximate surface area is 103 Å². The van der Waals surface area contributed by atoms with E-state index in [0.29, 0.717) is 6.42 Å².